The van der Waals surface area contributed by atoms with Gasteiger partial charge in [-0.25, -0.2) is 17.8 Å². The molecule has 0 unspecified atom stereocenters. The molecule has 2 aliphatic heterocycles. The summed E-state index contributed by atoms with van der Waals surface area (Å²) < 4.78 is 85.7. The predicted molar refractivity (Wildman–Crippen MR) is 182 cm³/mol. The van der Waals surface area contributed by atoms with E-state index in [-0.39, 0.29) is 29.7 Å². The van der Waals surface area contributed by atoms with Crippen molar-refractivity contribution in [2.24, 2.45) is 17.8 Å². The molecule has 0 radical (unpaired) electrons. The number of benzene rings is 2. The number of aryl methyl sites for hydroxylation is 1. The number of halogens is 4. The van der Waals surface area contributed by atoms with Gasteiger partial charge in [0, 0.05) is 74.4 Å². The smallest absolute Gasteiger partial charge is 0.462 e. The van der Waals surface area contributed by atoms with Crippen LogP contribution in [-0.4, -0.2) is 73.2 Å². The molecule has 272 valence electrons. The molecule has 0 spiro atoms. The fourth-order valence-electron chi connectivity index (χ4n) is 8.72. The largest absolute Gasteiger partial charge is 0.501 e. The van der Waals surface area contributed by atoms with E-state index in [2.05, 4.69) is 21.4 Å². The number of carbonyl (C=O) groups excluding carboxylic acids is 1. The van der Waals surface area contributed by atoms with Crippen LogP contribution in [0.5, 0.6) is 0 Å². The maximum absolute atomic E-state index is 15.1. The summed E-state index contributed by atoms with van der Waals surface area (Å²) in [5.41, 5.74) is -4.19. The van der Waals surface area contributed by atoms with Crippen molar-refractivity contribution in [3.63, 3.8) is 0 Å². The first-order valence-corrected chi connectivity index (χ1v) is 19.2. The van der Waals surface area contributed by atoms with Crippen LogP contribution in [0.1, 0.15) is 63.8 Å². The fraction of sp³-hybridized carbons (Fsp3) is 0.568. The minimum absolute atomic E-state index is 0.0150. The Kier molecular flexibility index (Phi) is 10.7. The van der Waals surface area contributed by atoms with E-state index in [1.165, 1.54) is 18.2 Å². The zero-order chi connectivity index (χ0) is 35.7. The van der Waals surface area contributed by atoms with Crippen LogP contribution < -0.4 is 4.90 Å². The van der Waals surface area contributed by atoms with Gasteiger partial charge in [0.15, 0.2) is 0 Å². The standard InChI is InChI=1S/C37H46F4N4O4S/c1-3-34-42-17-20-44(34)25-36(28-7-5-8-29(38)21-28,32-9-6-10-33(32)49-35(46)4-2)27-15-18-43(19-16-27)22-26-23-45(24-26)30-11-13-31(14-12-30)50(47,48)37(39,40)41/h5,7-8,11-14,17,20-21,26-27,32-33H,3-4,6,9-10,15-16,18-19,22-25H2,1-2H3/t32-,33-,36-/m0/s1. The van der Waals surface area contributed by atoms with E-state index in [4.69, 9.17) is 4.74 Å². The van der Waals surface area contributed by atoms with E-state index in [0.29, 0.717) is 24.6 Å². The van der Waals surface area contributed by atoms with Gasteiger partial charge in [-0.15, -0.1) is 0 Å². The first-order chi connectivity index (χ1) is 23.8. The van der Waals surface area contributed by atoms with Crippen LogP contribution in [0.2, 0.25) is 0 Å². The van der Waals surface area contributed by atoms with Crippen molar-refractivity contribution in [1.82, 2.24) is 14.5 Å². The summed E-state index contributed by atoms with van der Waals surface area (Å²) in [6, 6.07) is 11.9. The summed E-state index contributed by atoms with van der Waals surface area (Å²) in [5.74, 6) is 1.05. The highest BCUT2D eigenvalue weighted by atomic mass is 32.2. The Hall–Kier alpha value is -3.45. The molecule has 50 heavy (non-hydrogen) atoms. The van der Waals surface area contributed by atoms with Crippen molar-refractivity contribution in [1.29, 1.82) is 0 Å². The number of aromatic nitrogens is 2. The summed E-state index contributed by atoms with van der Waals surface area (Å²) in [5, 5.41) is 0. The number of imidazole rings is 1. The monoisotopic (exact) mass is 718 g/mol. The summed E-state index contributed by atoms with van der Waals surface area (Å²) in [7, 11) is -5.38. The molecule has 3 fully saturated rings. The molecule has 0 bridgehead atoms. The highest BCUT2D eigenvalue weighted by molar-refractivity contribution is 7.92. The zero-order valence-corrected chi connectivity index (χ0v) is 29.4. The van der Waals surface area contributed by atoms with Crippen molar-refractivity contribution >= 4 is 21.5 Å². The number of sulfone groups is 1. The number of ether oxygens (including phenoxy) is 1. The van der Waals surface area contributed by atoms with Gasteiger partial charge in [-0.1, -0.05) is 26.0 Å². The molecule has 2 aromatic carbocycles. The normalized spacial score (nSPS) is 22.3. The van der Waals surface area contributed by atoms with Crippen LogP contribution in [0.15, 0.2) is 65.8 Å². The number of anilines is 1. The summed E-state index contributed by atoms with van der Waals surface area (Å²) in [4.78, 5) is 21.0. The second-order valence-electron chi connectivity index (χ2n) is 14.1. The number of rotatable bonds is 12. The number of carbonyl (C=O) groups is 1. The lowest BCUT2D eigenvalue weighted by Gasteiger charge is -2.51. The number of likely N-dealkylation sites (tertiary alicyclic amines) is 1. The van der Waals surface area contributed by atoms with Gasteiger partial charge >= 0.3 is 11.5 Å². The van der Waals surface area contributed by atoms with E-state index in [0.717, 1.165) is 94.8 Å². The van der Waals surface area contributed by atoms with Gasteiger partial charge in [-0.05, 0) is 93.1 Å². The topological polar surface area (TPSA) is 84.7 Å². The van der Waals surface area contributed by atoms with Gasteiger partial charge in [0.05, 0.1) is 4.90 Å². The molecule has 6 rings (SSSR count). The Labute approximate surface area is 291 Å². The molecular weight excluding hydrogens is 672 g/mol. The van der Waals surface area contributed by atoms with Crippen LogP contribution in [0.4, 0.5) is 23.2 Å². The molecule has 3 aliphatic rings. The number of esters is 1. The number of alkyl halides is 3. The lowest BCUT2D eigenvalue weighted by molar-refractivity contribution is -0.152. The summed E-state index contributed by atoms with van der Waals surface area (Å²) in [6.45, 7) is 8.56. The van der Waals surface area contributed by atoms with Gasteiger partial charge in [-0.2, -0.15) is 13.2 Å². The molecule has 13 heteroatoms. The predicted octanol–water partition coefficient (Wildman–Crippen LogP) is 6.79. The Morgan fingerprint density at radius 3 is 2.36 bits per heavy atom. The minimum atomic E-state index is -5.38. The molecule has 3 heterocycles. The second kappa shape index (κ2) is 14.7. The van der Waals surface area contributed by atoms with Crippen molar-refractivity contribution in [3.8, 4) is 0 Å². The van der Waals surface area contributed by atoms with Gasteiger partial charge in [0.1, 0.15) is 17.7 Å². The Morgan fingerprint density at radius 1 is 1.00 bits per heavy atom. The van der Waals surface area contributed by atoms with E-state index in [1.807, 2.05) is 30.3 Å². The van der Waals surface area contributed by atoms with E-state index >= 15 is 4.39 Å². The lowest BCUT2D eigenvalue weighted by Crippen LogP contribution is -2.55. The maximum atomic E-state index is 15.1. The fourth-order valence-corrected chi connectivity index (χ4v) is 9.48. The average molecular weight is 719 g/mol. The van der Waals surface area contributed by atoms with Gasteiger partial charge in [0.25, 0.3) is 9.84 Å². The van der Waals surface area contributed by atoms with Crippen LogP contribution in [0.3, 0.4) is 0 Å². The molecule has 1 aromatic heterocycles. The average Bonchev–Trinajstić information content (AvgIpc) is 3.74. The van der Waals surface area contributed by atoms with Gasteiger partial charge < -0.3 is 19.1 Å². The molecule has 3 aromatic rings. The van der Waals surface area contributed by atoms with Crippen LogP contribution >= 0.6 is 0 Å². The van der Waals surface area contributed by atoms with Gasteiger partial charge in [-0.3, -0.25) is 4.79 Å². The van der Waals surface area contributed by atoms with Crippen molar-refractivity contribution in [2.45, 2.75) is 87.3 Å². The maximum Gasteiger partial charge on any atom is 0.501 e. The summed E-state index contributed by atoms with van der Waals surface area (Å²) >= 11 is 0. The number of hydrogen-bond donors (Lipinski definition) is 0. The summed E-state index contributed by atoms with van der Waals surface area (Å²) in [6.07, 6.45) is 9.04. The molecule has 1 aliphatic carbocycles. The third kappa shape index (κ3) is 7.17. The quantitative estimate of drug-likeness (QED) is 0.151. The first-order valence-electron chi connectivity index (χ1n) is 17.7. The Balaban J connectivity index is 1.18. The van der Waals surface area contributed by atoms with E-state index in [9.17, 15) is 26.4 Å². The van der Waals surface area contributed by atoms with Crippen molar-refractivity contribution in [3.05, 3.63) is 78.1 Å². The molecule has 3 atom stereocenters. The zero-order valence-electron chi connectivity index (χ0n) is 28.6. The highest BCUT2D eigenvalue weighted by Crippen LogP contribution is 2.52. The number of hydrogen-bond acceptors (Lipinski definition) is 7. The van der Waals surface area contributed by atoms with Crippen molar-refractivity contribution in [2.75, 3.05) is 37.6 Å². The Bertz CT molecular complexity index is 1730. The SMILES string of the molecule is CCC(=O)O[C@H]1CCC[C@@H]1[C@](Cn1ccnc1CC)(c1cccc(F)c1)C1CCN(CC2CN(c3ccc(S(=O)(=O)C(F)(F)F)cc3)C2)CC1. The second-order valence-corrected chi connectivity index (χ2v) is 16.0. The van der Waals surface area contributed by atoms with E-state index < -0.39 is 25.7 Å². The van der Waals surface area contributed by atoms with Crippen LogP contribution in [0.25, 0.3) is 0 Å². The van der Waals surface area contributed by atoms with Crippen LogP contribution in [-0.2, 0) is 37.7 Å². The lowest BCUT2D eigenvalue weighted by atomic mass is 9.58. The van der Waals surface area contributed by atoms with Gasteiger partial charge in [0.2, 0.25) is 0 Å². The Morgan fingerprint density at radius 2 is 1.72 bits per heavy atom. The first kappa shape index (κ1) is 36.3. The number of piperidine rings is 1. The minimum Gasteiger partial charge on any atom is -0.462 e. The molecule has 0 N–H and O–H groups in total. The molecule has 2 saturated heterocycles. The molecule has 0 amide bonds. The highest BCUT2D eigenvalue weighted by Gasteiger charge is 2.53. The van der Waals surface area contributed by atoms with Crippen LogP contribution in [0, 0.1) is 23.6 Å². The third-order valence-corrected chi connectivity index (χ3v) is 12.7. The molecule has 1 saturated carbocycles. The molecule has 8 nitrogen and oxygen atoms in total. The third-order valence-electron chi connectivity index (χ3n) is 11.2. The van der Waals surface area contributed by atoms with E-state index in [1.54, 1.807) is 12.1 Å². The molecular formula is C37H46F4N4O4S. The number of nitrogens with zero attached hydrogens (tertiary/aromatic N) is 4. The van der Waals surface area contributed by atoms with Crippen molar-refractivity contribution < 1.29 is 35.5 Å².